The minimum absolute atomic E-state index is 0.0923. The van der Waals surface area contributed by atoms with Gasteiger partial charge in [-0.3, -0.25) is 9.88 Å². The number of H-pyrrole nitrogens is 1. The Morgan fingerprint density at radius 2 is 2.04 bits per heavy atom. The number of para-hydroxylation sites is 1. The maximum Gasteiger partial charge on any atom is 0.122 e. The number of fused-ring (bicyclic) bond motifs is 2. The van der Waals surface area contributed by atoms with Crippen molar-refractivity contribution < 1.29 is 0 Å². The first kappa shape index (κ1) is 17.1. The molecule has 0 radical (unpaired) electrons. The van der Waals surface area contributed by atoms with Gasteiger partial charge in [-0.1, -0.05) is 25.1 Å². The van der Waals surface area contributed by atoms with E-state index in [1.54, 1.807) is 0 Å². The molecule has 6 nitrogen and oxygen atoms in total. The SMILES string of the molecule is CCCn1ccnc1CN1CCc2[nH]cnc2C1c1ccnc2ccccc12. The van der Waals surface area contributed by atoms with Gasteiger partial charge >= 0.3 is 0 Å². The number of nitrogens with zero attached hydrogens (tertiary/aromatic N) is 5. The molecule has 3 aromatic heterocycles. The van der Waals surface area contributed by atoms with Gasteiger partial charge in [0.1, 0.15) is 5.82 Å². The Morgan fingerprint density at radius 1 is 1.11 bits per heavy atom. The summed E-state index contributed by atoms with van der Waals surface area (Å²) in [4.78, 5) is 19.8. The molecule has 4 heterocycles. The molecule has 1 aliphatic heterocycles. The number of aromatic amines is 1. The quantitative estimate of drug-likeness (QED) is 0.580. The zero-order valence-electron chi connectivity index (χ0n) is 16.0. The lowest BCUT2D eigenvalue weighted by Crippen LogP contribution is -2.36. The van der Waals surface area contributed by atoms with E-state index >= 15 is 0 Å². The number of hydrogen-bond donors (Lipinski definition) is 1. The van der Waals surface area contributed by atoms with Gasteiger partial charge in [-0.2, -0.15) is 0 Å². The van der Waals surface area contributed by atoms with Crippen LogP contribution in [0.15, 0.2) is 55.2 Å². The summed E-state index contributed by atoms with van der Waals surface area (Å²) in [6.07, 6.45) is 9.80. The van der Waals surface area contributed by atoms with Crippen molar-refractivity contribution in [2.75, 3.05) is 6.54 Å². The summed E-state index contributed by atoms with van der Waals surface area (Å²) >= 11 is 0. The highest BCUT2D eigenvalue weighted by Crippen LogP contribution is 2.37. The third-order valence-corrected chi connectivity index (χ3v) is 5.61. The Kier molecular flexibility index (Phi) is 4.41. The number of benzene rings is 1. The number of pyridine rings is 1. The van der Waals surface area contributed by atoms with Crippen molar-refractivity contribution in [2.45, 2.75) is 38.9 Å². The van der Waals surface area contributed by atoms with Gasteiger partial charge < -0.3 is 9.55 Å². The minimum atomic E-state index is 0.0923. The third kappa shape index (κ3) is 2.90. The Bertz CT molecular complexity index is 1090. The van der Waals surface area contributed by atoms with Crippen LogP contribution in [0, 0.1) is 0 Å². The third-order valence-electron chi connectivity index (χ3n) is 5.61. The molecule has 0 saturated heterocycles. The Morgan fingerprint density at radius 3 is 2.96 bits per heavy atom. The lowest BCUT2D eigenvalue weighted by atomic mass is 9.93. The summed E-state index contributed by atoms with van der Waals surface area (Å²) in [5, 5.41) is 1.19. The molecule has 0 amide bonds. The molecule has 0 saturated carbocycles. The summed E-state index contributed by atoms with van der Waals surface area (Å²) in [5.41, 5.74) is 4.64. The fourth-order valence-electron chi connectivity index (χ4n) is 4.31. The van der Waals surface area contributed by atoms with E-state index in [0.717, 1.165) is 49.5 Å². The predicted octanol–water partition coefficient (Wildman–Crippen LogP) is 3.71. The Balaban J connectivity index is 1.60. The summed E-state index contributed by atoms with van der Waals surface area (Å²) in [6.45, 7) is 4.97. The number of nitrogens with one attached hydrogen (secondary N) is 1. The molecule has 0 spiro atoms. The molecule has 28 heavy (non-hydrogen) atoms. The number of imidazole rings is 2. The van der Waals surface area contributed by atoms with Crippen LogP contribution in [0.25, 0.3) is 10.9 Å². The number of aromatic nitrogens is 5. The van der Waals surface area contributed by atoms with Crippen molar-refractivity contribution in [2.24, 2.45) is 0 Å². The smallest absolute Gasteiger partial charge is 0.122 e. The predicted molar refractivity (Wildman–Crippen MR) is 109 cm³/mol. The van der Waals surface area contributed by atoms with Crippen LogP contribution in [0.2, 0.25) is 0 Å². The van der Waals surface area contributed by atoms with E-state index in [2.05, 4.69) is 61.8 Å². The van der Waals surface area contributed by atoms with Crippen LogP contribution in [0.3, 0.4) is 0 Å². The Hall–Kier alpha value is -2.99. The molecule has 6 heteroatoms. The molecule has 0 bridgehead atoms. The zero-order chi connectivity index (χ0) is 18.9. The number of aryl methyl sites for hydroxylation is 1. The summed E-state index contributed by atoms with van der Waals surface area (Å²) in [7, 11) is 0. The second-order valence-corrected chi connectivity index (χ2v) is 7.34. The molecule has 1 unspecified atom stereocenters. The molecule has 1 atom stereocenters. The highest BCUT2D eigenvalue weighted by Gasteiger charge is 2.32. The van der Waals surface area contributed by atoms with Gasteiger partial charge in [0.15, 0.2) is 0 Å². The fraction of sp³-hybridized carbons (Fsp3) is 0.318. The molecule has 0 aliphatic carbocycles. The van der Waals surface area contributed by atoms with E-state index in [1.165, 1.54) is 16.6 Å². The zero-order valence-corrected chi connectivity index (χ0v) is 16.0. The van der Waals surface area contributed by atoms with Crippen molar-refractivity contribution >= 4 is 10.9 Å². The first-order chi connectivity index (χ1) is 13.8. The van der Waals surface area contributed by atoms with Crippen LogP contribution in [-0.4, -0.2) is 35.9 Å². The molecule has 0 fully saturated rings. The molecule has 1 aliphatic rings. The van der Waals surface area contributed by atoms with Crippen molar-refractivity contribution in [3.8, 4) is 0 Å². The monoisotopic (exact) mass is 372 g/mol. The van der Waals surface area contributed by atoms with Crippen LogP contribution >= 0.6 is 0 Å². The summed E-state index contributed by atoms with van der Waals surface area (Å²) in [6, 6.07) is 10.6. The number of hydrogen-bond acceptors (Lipinski definition) is 4. The van der Waals surface area contributed by atoms with Crippen molar-refractivity contribution in [1.82, 2.24) is 29.4 Å². The van der Waals surface area contributed by atoms with E-state index in [4.69, 9.17) is 4.98 Å². The van der Waals surface area contributed by atoms with Crippen LogP contribution in [0.5, 0.6) is 0 Å². The van der Waals surface area contributed by atoms with Crippen molar-refractivity contribution in [3.63, 3.8) is 0 Å². The van der Waals surface area contributed by atoms with Gasteiger partial charge in [-0.05, 0) is 24.1 Å². The van der Waals surface area contributed by atoms with E-state index in [9.17, 15) is 0 Å². The van der Waals surface area contributed by atoms with Crippen LogP contribution < -0.4 is 0 Å². The van der Waals surface area contributed by atoms with Gasteiger partial charge in [0, 0.05) is 49.2 Å². The van der Waals surface area contributed by atoms with Crippen molar-refractivity contribution in [1.29, 1.82) is 0 Å². The second kappa shape index (κ2) is 7.20. The van der Waals surface area contributed by atoms with Crippen LogP contribution in [0.1, 0.15) is 42.2 Å². The fourth-order valence-corrected chi connectivity index (χ4v) is 4.31. The molecular weight excluding hydrogens is 348 g/mol. The maximum absolute atomic E-state index is 4.71. The van der Waals surface area contributed by atoms with Gasteiger partial charge in [-0.15, -0.1) is 0 Å². The first-order valence-electron chi connectivity index (χ1n) is 9.95. The average Bonchev–Trinajstić information content (AvgIpc) is 3.37. The molecule has 1 N–H and O–H groups in total. The molecular formula is C22H24N6. The highest BCUT2D eigenvalue weighted by molar-refractivity contribution is 5.82. The lowest BCUT2D eigenvalue weighted by Gasteiger charge is -2.35. The summed E-state index contributed by atoms with van der Waals surface area (Å²) in [5.74, 6) is 1.11. The van der Waals surface area contributed by atoms with Gasteiger partial charge in [0.05, 0.1) is 30.1 Å². The average molecular weight is 372 g/mol. The van der Waals surface area contributed by atoms with E-state index in [1.807, 2.05) is 24.8 Å². The number of rotatable bonds is 5. The Labute approximate surface area is 164 Å². The van der Waals surface area contributed by atoms with E-state index in [-0.39, 0.29) is 6.04 Å². The highest BCUT2D eigenvalue weighted by atomic mass is 15.2. The van der Waals surface area contributed by atoms with Gasteiger partial charge in [-0.25, -0.2) is 9.97 Å². The first-order valence-corrected chi connectivity index (χ1v) is 9.95. The maximum atomic E-state index is 4.71. The van der Waals surface area contributed by atoms with E-state index in [0.29, 0.717) is 0 Å². The topological polar surface area (TPSA) is 62.6 Å². The molecule has 5 rings (SSSR count). The summed E-state index contributed by atoms with van der Waals surface area (Å²) < 4.78 is 2.27. The van der Waals surface area contributed by atoms with E-state index < -0.39 is 0 Å². The van der Waals surface area contributed by atoms with Gasteiger partial charge in [0.25, 0.3) is 0 Å². The standard InChI is InChI=1S/C22H24N6/c1-2-11-27-13-10-24-20(27)14-28-12-8-19-21(26-15-25-19)22(28)17-7-9-23-18-6-4-3-5-16(17)18/h3-7,9-10,13,15,22H,2,8,11-12,14H2,1H3,(H,25,26). The minimum Gasteiger partial charge on any atom is -0.348 e. The lowest BCUT2D eigenvalue weighted by molar-refractivity contribution is 0.193. The normalized spacial score (nSPS) is 17.1. The second-order valence-electron chi connectivity index (χ2n) is 7.34. The largest absolute Gasteiger partial charge is 0.348 e. The molecule has 1 aromatic carbocycles. The molecule has 4 aromatic rings. The van der Waals surface area contributed by atoms with Crippen molar-refractivity contribution in [3.05, 3.63) is 78.0 Å². The van der Waals surface area contributed by atoms with Crippen LogP contribution in [0.4, 0.5) is 0 Å². The van der Waals surface area contributed by atoms with Gasteiger partial charge in [0.2, 0.25) is 0 Å². The molecule has 142 valence electrons. The van der Waals surface area contributed by atoms with Crippen LogP contribution in [-0.2, 0) is 19.5 Å².